The average Bonchev–Trinajstić information content (AvgIpc) is 2.79. The van der Waals surface area contributed by atoms with Crippen LogP contribution >= 0.6 is 23.1 Å². The van der Waals surface area contributed by atoms with Crippen LogP contribution < -0.4 is 4.90 Å². The van der Waals surface area contributed by atoms with E-state index in [-0.39, 0.29) is 6.29 Å². The standard InChI is InChI=1S/C10H17N3O2S2/c1-13(2)9-11-12-10(17-9)16-7-4-8-14-5-3-6-15-8/h8H,3-7H2,1-2H3. The van der Waals surface area contributed by atoms with Crippen molar-refractivity contribution < 1.29 is 9.47 Å². The van der Waals surface area contributed by atoms with Gasteiger partial charge in [0.15, 0.2) is 10.6 Å². The molecule has 1 aliphatic heterocycles. The molecule has 0 unspecified atom stereocenters. The lowest BCUT2D eigenvalue weighted by molar-refractivity contribution is -0.178. The van der Waals surface area contributed by atoms with Crippen LogP contribution in [0.5, 0.6) is 0 Å². The number of hydrogen-bond acceptors (Lipinski definition) is 7. The average molecular weight is 275 g/mol. The quantitative estimate of drug-likeness (QED) is 0.764. The Morgan fingerprint density at radius 3 is 2.76 bits per heavy atom. The number of ether oxygens (including phenoxy) is 2. The molecule has 96 valence electrons. The normalized spacial score (nSPS) is 17.3. The van der Waals surface area contributed by atoms with Crippen molar-refractivity contribution in [3.63, 3.8) is 0 Å². The molecule has 0 N–H and O–H groups in total. The molecule has 0 radical (unpaired) electrons. The number of nitrogens with zero attached hydrogens (tertiary/aromatic N) is 3. The minimum atomic E-state index is -0.0301. The highest BCUT2D eigenvalue weighted by molar-refractivity contribution is 8.01. The van der Waals surface area contributed by atoms with Crippen molar-refractivity contribution >= 4 is 28.2 Å². The smallest absolute Gasteiger partial charge is 0.208 e. The van der Waals surface area contributed by atoms with Gasteiger partial charge in [-0.1, -0.05) is 23.1 Å². The van der Waals surface area contributed by atoms with Crippen LogP contribution in [0.3, 0.4) is 0 Å². The number of anilines is 1. The van der Waals surface area contributed by atoms with Crippen LogP contribution in [0.15, 0.2) is 4.34 Å². The molecule has 1 fully saturated rings. The summed E-state index contributed by atoms with van der Waals surface area (Å²) in [5.74, 6) is 0.951. The van der Waals surface area contributed by atoms with Crippen LogP contribution in [0.4, 0.5) is 5.13 Å². The van der Waals surface area contributed by atoms with E-state index in [1.54, 1.807) is 23.1 Å². The van der Waals surface area contributed by atoms with E-state index in [4.69, 9.17) is 9.47 Å². The molecule has 2 rings (SSSR count). The van der Waals surface area contributed by atoms with Gasteiger partial charge in [0, 0.05) is 26.3 Å². The molecule has 5 nitrogen and oxygen atoms in total. The third-order valence-corrected chi connectivity index (χ3v) is 4.51. The molecule has 2 heterocycles. The van der Waals surface area contributed by atoms with Crippen molar-refractivity contribution in [3.05, 3.63) is 0 Å². The molecular formula is C10H17N3O2S2. The van der Waals surface area contributed by atoms with E-state index < -0.39 is 0 Å². The summed E-state index contributed by atoms with van der Waals surface area (Å²) >= 11 is 3.32. The van der Waals surface area contributed by atoms with Gasteiger partial charge in [-0.05, 0) is 6.42 Å². The maximum absolute atomic E-state index is 5.48. The van der Waals surface area contributed by atoms with Gasteiger partial charge in [-0.3, -0.25) is 0 Å². The largest absolute Gasteiger partial charge is 0.353 e. The maximum atomic E-state index is 5.48. The third-order valence-electron chi connectivity index (χ3n) is 2.25. The summed E-state index contributed by atoms with van der Waals surface area (Å²) in [6.45, 7) is 1.64. The zero-order chi connectivity index (χ0) is 12.1. The highest BCUT2D eigenvalue weighted by Gasteiger charge is 2.14. The molecule has 0 spiro atoms. The zero-order valence-corrected chi connectivity index (χ0v) is 11.7. The van der Waals surface area contributed by atoms with Crippen molar-refractivity contribution in [2.75, 3.05) is 38.0 Å². The third kappa shape index (κ3) is 4.09. The van der Waals surface area contributed by atoms with Crippen molar-refractivity contribution in [2.24, 2.45) is 0 Å². The maximum Gasteiger partial charge on any atom is 0.208 e. The van der Waals surface area contributed by atoms with E-state index in [0.717, 1.165) is 41.3 Å². The Morgan fingerprint density at radius 2 is 2.12 bits per heavy atom. The summed E-state index contributed by atoms with van der Waals surface area (Å²) in [4.78, 5) is 1.97. The Morgan fingerprint density at radius 1 is 1.35 bits per heavy atom. The van der Waals surface area contributed by atoms with Crippen LogP contribution in [-0.4, -0.2) is 49.5 Å². The molecule has 1 saturated heterocycles. The van der Waals surface area contributed by atoms with E-state index in [9.17, 15) is 0 Å². The SMILES string of the molecule is CN(C)c1nnc(SCCC2OCCCO2)s1. The topological polar surface area (TPSA) is 47.5 Å². The first-order chi connectivity index (χ1) is 8.25. The summed E-state index contributed by atoms with van der Waals surface area (Å²) in [7, 11) is 3.94. The Balaban J connectivity index is 1.70. The summed E-state index contributed by atoms with van der Waals surface area (Å²) in [6.07, 6.45) is 1.88. The number of aromatic nitrogens is 2. The lowest BCUT2D eigenvalue weighted by Crippen LogP contribution is -2.25. The van der Waals surface area contributed by atoms with Crippen molar-refractivity contribution in [1.82, 2.24) is 10.2 Å². The Kier molecular flexibility index (Phi) is 5.02. The lowest BCUT2D eigenvalue weighted by Gasteiger charge is -2.22. The van der Waals surface area contributed by atoms with Crippen LogP contribution in [0, 0.1) is 0 Å². The Labute approximate surface area is 110 Å². The molecule has 1 aromatic rings. The highest BCUT2D eigenvalue weighted by Crippen LogP contribution is 2.27. The summed E-state index contributed by atoms with van der Waals surface area (Å²) in [6, 6.07) is 0. The fourth-order valence-corrected chi connectivity index (χ4v) is 3.18. The zero-order valence-electron chi connectivity index (χ0n) is 10.1. The van der Waals surface area contributed by atoms with E-state index in [2.05, 4.69) is 10.2 Å². The van der Waals surface area contributed by atoms with E-state index in [1.165, 1.54) is 0 Å². The molecule has 0 saturated carbocycles. The number of rotatable bonds is 5. The van der Waals surface area contributed by atoms with Crippen LogP contribution in [0.25, 0.3) is 0 Å². The van der Waals surface area contributed by atoms with Crippen LogP contribution in [0.2, 0.25) is 0 Å². The molecule has 0 bridgehead atoms. The van der Waals surface area contributed by atoms with E-state index in [1.807, 2.05) is 19.0 Å². The fraction of sp³-hybridized carbons (Fsp3) is 0.800. The molecule has 17 heavy (non-hydrogen) atoms. The fourth-order valence-electron chi connectivity index (χ4n) is 1.39. The molecule has 0 aromatic carbocycles. The monoisotopic (exact) mass is 275 g/mol. The predicted octanol–water partition coefficient (Wildman–Crippen LogP) is 1.85. The molecule has 1 aliphatic rings. The summed E-state index contributed by atoms with van der Waals surface area (Å²) in [5, 5.41) is 9.16. The number of hydrogen-bond donors (Lipinski definition) is 0. The second kappa shape index (κ2) is 6.53. The van der Waals surface area contributed by atoms with Crippen molar-refractivity contribution in [1.29, 1.82) is 0 Å². The van der Waals surface area contributed by atoms with Gasteiger partial charge >= 0.3 is 0 Å². The molecular weight excluding hydrogens is 258 g/mol. The van der Waals surface area contributed by atoms with Crippen molar-refractivity contribution in [2.45, 2.75) is 23.5 Å². The van der Waals surface area contributed by atoms with Crippen molar-refractivity contribution in [3.8, 4) is 0 Å². The second-order valence-electron chi connectivity index (χ2n) is 3.91. The molecule has 1 aromatic heterocycles. The minimum absolute atomic E-state index is 0.0301. The Bertz CT molecular complexity index is 340. The molecule has 0 aliphatic carbocycles. The van der Waals surface area contributed by atoms with Gasteiger partial charge in [-0.2, -0.15) is 0 Å². The van der Waals surface area contributed by atoms with E-state index in [0.29, 0.717) is 0 Å². The van der Waals surface area contributed by atoms with Gasteiger partial charge in [0.25, 0.3) is 0 Å². The van der Waals surface area contributed by atoms with Gasteiger partial charge < -0.3 is 14.4 Å². The van der Waals surface area contributed by atoms with Crippen LogP contribution in [-0.2, 0) is 9.47 Å². The first-order valence-electron chi connectivity index (χ1n) is 5.62. The minimum Gasteiger partial charge on any atom is -0.353 e. The second-order valence-corrected chi connectivity index (χ2v) is 6.20. The first-order valence-corrected chi connectivity index (χ1v) is 7.43. The lowest BCUT2D eigenvalue weighted by atomic mass is 10.4. The number of thioether (sulfide) groups is 1. The van der Waals surface area contributed by atoms with Gasteiger partial charge in [0.2, 0.25) is 5.13 Å². The van der Waals surface area contributed by atoms with Gasteiger partial charge in [-0.25, -0.2) is 0 Å². The van der Waals surface area contributed by atoms with Crippen LogP contribution in [0.1, 0.15) is 12.8 Å². The van der Waals surface area contributed by atoms with Gasteiger partial charge in [-0.15, -0.1) is 10.2 Å². The van der Waals surface area contributed by atoms with Gasteiger partial charge in [0.05, 0.1) is 13.2 Å². The highest BCUT2D eigenvalue weighted by atomic mass is 32.2. The van der Waals surface area contributed by atoms with Gasteiger partial charge in [0.1, 0.15) is 0 Å². The predicted molar refractivity (Wildman–Crippen MR) is 69.9 cm³/mol. The molecule has 7 heteroatoms. The summed E-state index contributed by atoms with van der Waals surface area (Å²) in [5.41, 5.74) is 0. The molecule has 0 amide bonds. The molecule has 0 atom stereocenters. The Hall–Kier alpha value is -0.370. The first kappa shape index (κ1) is 13.1. The summed E-state index contributed by atoms with van der Waals surface area (Å²) < 4.78 is 12.0. The van der Waals surface area contributed by atoms with E-state index >= 15 is 0 Å².